The summed E-state index contributed by atoms with van der Waals surface area (Å²) in [6.07, 6.45) is 9.01. The number of nitrogens with one attached hydrogen (secondary N) is 1. The van der Waals surface area contributed by atoms with Crippen LogP contribution in [0.2, 0.25) is 0 Å². The Kier molecular flexibility index (Phi) is 3.48. The van der Waals surface area contributed by atoms with E-state index < -0.39 is 0 Å². The molecule has 25 heavy (non-hydrogen) atoms. The van der Waals surface area contributed by atoms with E-state index in [4.69, 9.17) is 4.42 Å². The van der Waals surface area contributed by atoms with Gasteiger partial charge in [0.2, 0.25) is 5.91 Å². The highest BCUT2D eigenvalue weighted by Crippen LogP contribution is 2.53. The van der Waals surface area contributed by atoms with Gasteiger partial charge in [-0.3, -0.25) is 4.79 Å². The van der Waals surface area contributed by atoms with Gasteiger partial charge in [0.05, 0.1) is 12.7 Å². The van der Waals surface area contributed by atoms with Gasteiger partial charge < -0.3 is 9.73 Å². The molecule has 0 atom stereocenters. The molecule has 1 heterocycles. The van der Waals surface area contributed by atoms with Crippen LogP contribution in [0.4, 0.5) is 0 Å². The molecule has 3 heteroatoms. The van der Waals surface area contributed by atoms with Crippen molar-refractivity contribution in [1.82, 2.24) is 5.32 Å². The Balaban J connectivity index is 1.32. The summed E-state index contributed by atoms with van der Waals surface area (Å²) in [5, 5.41) is 4.50. The molecule has 4 saturated carbocycles. The molecule has 3 nitrogen and oxygen atoms in total. The van der Waals surface area contributed by atoms with Gasteiger partial charge in [-0.25, -0.2) is 0 Å². The average Bonchev–Trinajstić information content (AvgIpc) is 2.97. The molecule has 1 aromatic heterocycles. The predicted molar refractivity (Wildman–Crippen MR) is 98.4 cm³/mol. The van der Waals surface area contributed by atoms with Gasteiger partial charge in [-0.1, -0.05) is 12.1 Å². The molecule has 132 valence electrons. The Morgan fingerprint density at radius 2 is 1.76 bits per heavy atom. The fraction of sp³-hybridized carbons (Fsp3) is 0.591. The first-order valence-electron chi connectivity index (χ1n) is 9.84. The maximum absolute atomic E-state index is 12.7. The van der Waals surface area contributed by atoms with Crippen molar-refractivity contribution >= 4 is 16.9 Å². The smallest absolute Gasteiger partial charge is 0.224 e. The number of carbonyl (C=O) groups excluding carboxylic acids is 1. The summed E-state index contributed by atoms with van der Waals surface area (Å²) in [5.74, 6) is 3.51. The highest BCUT2D eigenvalue weighted by molar-refractivity contribution is 5.89. The second-order valence-corrected chi connectivity index (χ2v) is 8.85. The maximum atomic E-state index is 12.7. The van der Waals surface area contributed by atoms with E-state index in [0.29, 0.717) is 12.5 Å². The van der Waals surface area contributed by atoms with Gasteiger partial charge in [0.25, 0.3) is 0 Å². The van der Waals surface area contributed by atoms with Crippen molar-refractivity contribution in [3.8, 4) is 0 Å². The summed E-state index contributed by atoms with van der Waals surface area (Å²) in [4.78, 5) is 12.7. The summed E-state index contributed by atoms with van der Waals surface area (Å²) >= 11 is 0. The molecule has 1 aromatic carbocycles. The summed E-state index contributed by atoms with van der Waals surface area (Å²) in [6.45, 7) is 4.18. The second-order valence-electron chi connectivity index (χ2n) is 8.85. The number of furan rings is 1. The molecule has 6 rings (SSSR count). The van der Waals surface area contributed by atoms with Gasteiger partial charge in [-0.2, -0.15) is 0 Å². The quantitative estimate of drug-likeness (QED) is 0.894. The molecule has 0 radical (unpaired) electrons. The van der Waals surface area contributed by atoms with Crippen molar-refractivity contribution in [2.45, 2.75) is 58.4 Å². The van der Waals surface area contributed by atoms with Crippen molar-refractivity contribution in [2.24, 2.45) is 23.7 Å². The van der Waals surface area contributed by atoms with Gasteiger partial charge in [-0.15, -0.1) is 0 Å². The molecular weight excluding hydrogens is 310 g/mol. The van der Waals surface area contributed by atoms with Crippen LogP contribution >= 0.6 is 0 Å². The molecule has 1 N–H and O–H groups in total. The van der Waals surface area contributed by atoms with E-state index >= 15 is 0 Å². The summed E-state index contributed by atoms with van der Waals surface area (Å²) in [5.41, 5.74) is 4.34. The van der Waals surface area contributed by atoms with Crippen LogP contribution in [0.25, 0.3) is 11.0 Å². The fourth-order valence-electron chi connectivity index (χ4n) is 6.10. The molecule has 2 aromatic rings. The van der Waals surface area contributed by atoms with E-state index in [0.717, 1.165) is 40.2 Å². The molecule has 4 bridgehead atoms. The van der Waals surface area contributed by atoms with Crippen molar-refractivity contribution in [3.63, 3.8) is 0 Å². The number of amides is 1. The van der Waals surface area contributed by atoms with Crippen molar-refractivity contribution in [3.05, 3.63) is 35.1 Å². The fourth-order valence-corrected chi connectivity index (χ4v) is 6.10. The Labute approximate surface area is 149 Å². The van der Waals surface area contributed by atoms with E-state index in [1.165, 1.54) is 43.2 Å². The maximum Gasteiger partial charge on any atom is 0.224 e. The third kappa shape index (κ3) is 2.51. The minimum absolute atomic E-state index is 0.165. The van der Waals surface area contributed by atoms with Gasteiger partial charge in [0.15, 0.2) is 0 Å². The highest BCUT2D eigenvalue weighted by atomic mass is 16.3. The number of benzene rings is 1. The monoisotopic (exact) mass is 337 g/mol. The van der Waals surface area contributed by atoms with E-state index in [2.05, 4.69) is 31.3 Å². The molecule has 0 saturated heterocycles. The number of hydrogen-bond donors (Lipinski definition) is 1. The lowest BCUT2D eigenvalue weighted by Gasteiger charge is -2.54. The molecule has 4 aliphatic rings. The Morgan fingerprint density at radius 3 is 2.44 bits per heavy atom. The lowest BCUT2D eigenvalue weighted by molar-refractivity contribution is -0.124. The molecular formula is C22H27NO2. The lowest BCUT2D eigenvalue weighted by Crippen LogP contribution is -2.56. The topological polar surface area (TPSA) is 42.2 Å². The first-order valence-corrected chi connectivity index (χ1v) is 9.84. The van der Waals surface area contributed by atoms with Crippen LogP contribution in [0.15, 0.2) is 22.8 Å². The first-order chi connectivity index (χ1) is 12.1. The molecule has 0 aliphatic heterocycles. The van der Waals surface area contributed by atoms with E-state index in [1.807, 2.05) is 0 Å². The van der Waals surface area contributed by atoms with Crippen LogP contribution in [-0.2, 0) is 11.2 Å². The summed E-state index contributed by atoms with van der Waals surface area (Å²) < 4.78 is 5.77. The molecule has 0 spiro atoms. The molecule has 4 aliphatic carbocycles. The standard InChI is InChI=1S/C22H27NO2/c1-12-3-4-19-18(11-25-22(19)13(12)2)10-20(24)23-21-16-6-14-5-15(8-16)9-17(21)7-14/h3-4,11,14-17,21H,5-10H2,1-2H3,(H,23,24). The van der Waals surface area contributed by atoms with Crippen LogP contribution in [-0.4, -0.2) is 11.9 Å². The number of hydrogen-bond acceptors (Lipinski definition) is 2. The van der Waals surface area contributed by atoms with Crippen LogP contribution in [0.3, 0.4) is 0 Å². The van der Waals surface area contributed by atoms with Crippen LogP contribution < -0.4 is 5.32 Å². The van der Waals surface area contributed by atoms with Crippen molar-refractivity contribution < 1.29 is 9.21 Å². The molecule has 0 unspecified atom stereocenters. The SMILES string of the molecule is Cc1ccc2c(CC(=O)NC3C4CC5CC(C4)CC3C5)coc2c1C. The third-order valence-electron chi connectivity index (χ3n) is 7.25. The van der Waals surface area contributed by atoms with Crippen LogP contribution in [0, 0.1) is 37.5 Å². The van der Waals surface area contributed by atoms with Crippen LogP contribution in [0.1, 0.15) is 48.8 Å². The van der Waals surface area contributed by atoms with E-state index in [1.54, 1.807) is 6.26 Å². The Hall–Kier alpha value is -1.77. The molecule has 4 fully saturated rings. The zero-order valence-electron chi connectivity index (χ0n) is 15.2. The third-order valence-corrected chi connectivity index (χ3v) is 7.25. The Bertz CT molecular complexity index is 806. The number of carbonyl (C=O) groups is 1. The lowest BCUT2D eigenvalue weighted by atomic mass is 9.54. The van der Waals surface area contributed by atoms with Gasteiger partial charge in [0.1, 0.15) is 5.58 Å². The normalized spacial score (nSPS) is 33.1. The predicted octanol–water partition coefficient (Wildman–Crippen LogP) is 4.53. The number of rotatable bonds is 3. The van der Waals surface area contributed by atoms with Crippen molar-refractivity contribution in [1.29, 1.82) is 0 Å². The van der Waals surface area contributed by atoms with Crippen molar-refractivity contribution in [2.75, 3.05) is 0 Å². The second kappa shape index (κ2) is 5.62. The van der Waals surface area contributed by atoms with Gasteiger partial charge >= 0.3 is 0 Å². The summed E-state index contributed by atoms with van der Waals surface area (Å²) in [7, 11) is 0. The number of fused-ring (bicyclic) bond motifs is 1. The van der Waals surface area contributed by atoms with E-state index in [9.17, 15) is 4.79 Å². The minimum Gasteiger partial charge on any atom is -0.464 e. The Morgan fingerprint density at radius 1 is 1.08 bits per heavy atom. The average molecular weight is 337 g/mol. The first kappa shape index (κ1) is 15.5. The number of aryl methyl sites for hydroxylation is 2. The summed E-state index contributed by atoms with van der Waals surface area (Å²) in [6, 6.07) is 4.63. The molecule has 1 amide bonds. The largest absolute Gasteiger partial charge is 0.464 e. The van der Waals surface area contributed by atoms with Gasteiger partial charge in [0, 0.05) is 17.0 Å². The highest BCUT2D eigenvalue weighted by Gasteiger charge is 2.48. The zero-order valence-corrected chi connectivity index (χ0v) is 15.2. The van der Waals surface area contributed by atoms with Gasteiger partial charge in [-0.05, 0) is 80.8 Å². The minimum atomic E-state index is 0.165. The van der Waals surface area contributed by atoms with Crippen LogP contribution in [0.5, 0.6) is 0 Å². The van der Waals surface area contributed by atoms with E-state index in [-0.39, 0.29) is 5.91 Å². The zero-order chi connectivity index (χ0) is 17.1.